The van der Waals surface area contributed by atoms with Crippen molar-refractivity contribution in [3.63, 3.8) is 0 Å². The van der Waals surface area contributed by atoms with Gasteiger partial charge in [-0.15, -0.1) is 0 Å². The third-order valence-electron chi connectivity index (χ3n) is 14.7. The molecule has 326 valence electrons. The predicted octanol–water partition coefficient (Wildman–Crippen LogP) is 18.9. The van der Waals surface area contributed by atoms with Gasteiger partial charge >= 0.3 is 0 Å². The molecule has 13 aromatic rings. The zero-order chi connectivity index (χ0) is 46.1. The number of aromatic nitrogens is 1. The molecule has 2 heterocycles. The molecule has 0 aliphatic heterocycles. The first kappa shape index (κ1) is 40.3. The lowest BCUT2D eigenvalue weighted by molar-refractivity contribution is 0.590. The van der Waals surface area contributed by atoms with E-state index in [0.717, 1.165) is 27.5 Å². The van der Waals surface area contributed by atoms with Crippen LogP contribution in [-0.2, 0) is 10.8 Å². The Morgan fingerprint density at radius 1 is 0.324 bits per heavy atom. The first-order valence-corrected chi connectivity index (χ1v) is 24.0. The van der Waals surface area contributed by atoms with E-state index < -0.39 is 0 Å². The van der Waals surface area contributed by atoms with Crippen LogP contribution in [0.1, 0.15) is 52.7 Å². The van der Waals surface area contributed by atoms with E-state index in [0.29, 0.717) is 0 Å². The summed E-state index contributed by atoms with van der Waals surface area (Å²) >= 11 is 0. The van der Waals surface area contributed by atoms with Crippen LogP contribution in [0.5, 0.6) is 0 Å². The second-order valence-electron chi connectivity index (χ2n) is 20.8. The summed E-state index contributed by atoms with van der Waals surface area (Å²) in [6, 6.07) is 74.3. The summed E-state index contributed by atoms with van der Waals surface area (Å²) in [4.78, 5) is 0. The molecule has 0 aliphatic carbocycles. The van der Waals surface area contributed by atoms with E-state index in [2.05, 4.69) is 246 Å². The van der Waals surface area contributed by atoms with Crippen molar-refractivity contribution in [2.75, 3.05) is 0 Å². The number of benzene rings is 11. The van der Waals surface area contributed by atoms with Gasteiger partial charge in [-0.1, -0.05) is 205 Å². The lowest BCUT2D eigenvalue weighted by Crippen LogP contribution is -2.10. The second kappa shape index (κ2) is 14.8. The molecule has 0 spiro atoms. The maximum Gasteiger partial charge on any atom is 0.143 e. The average molecular weight is 874 g/mol. The third-order valence-corrected chi connectivity index (χ3v) is 14.7. The molecule has 0 fully saturated rings. The minimum absolute atomic E-state index is 0.0190. The normalized spacial score (nSPS) is 12.6. The summed E-state index contributed by atoms with van der Waals surface area (Å²) < 4.78 is 9.57. The number of fused-ring (bicyclic) bond motifs is 10. The van der Waals surface area contributed by atoms with E-state index in [9.17, 15) is 0 Å². The van der Waals surface area contributed by atoms with E-state index in [-0.39, 0.29) is 10.8 Å². The van der Waals surface area contributed by atoms with E-state index in [1.165, 1.54) is 110 Å². The Morgan fingerprint density at radius 2 is 0.765 bits per heavy atom. The van der Waals surface area contributed by atoms with Gasteiger partial charge in [0, 0.05) is 43.4 Å². The summed E-state index contributed by atoms with van der Waals surface area (Å²) in [6.07, 6.45) is 0. The molecule has 0 saturated heterocycles. The van der Waals surface area contributed by atoms with E-state index in [4.69, 9.17) is 4.42 Å². The van der Waals surface area contributed by atoms with Crippen LogP contribution in [0.4, 0.5) is 0 Å². The molecule has 11 aromatic carbocycles. The number of hydrogen-bond donors (Lipinski definition) is 0. The minimum Gasteiger partial charge on any atom is -0.455 e. The highest BCUT2D eigenvalue weighted by atomic mass is 16.3. The van der Waals surface area contributed by atoms with Gasteiger partial charge in [0.2, 0.25) is 0 Å². The third kappa shape index (κ3) is 6.03. The summed E-state index contributed by atoms with van der Waals surface area (Å²) in [5.41, 5.74) is 15.3. The molecule has 68 heavy (non-hydrogen) atoms. The van der Waals surface area contributed by atoms with Crippen LogP contribution >= 0.6 is 0 Å². The number of furan rings is 1. The van der Waals surface area contributed by atoms with E-state index in [1.807, 2.05) is 0 Å². The molecule has 0 aliphatic rings. The standard InChI is InChI=1S/C66H51NO/c1-65(2,3)42-32-34-57-54(38-42)55-39-43(66(4,5)6)33-35-58(55)67(57)63-50-27-16-14-25-48(50)61(49-26-15-17-28-51(49)63)41-31-36-59-56(37-41)52-29-18-30-53(64(52)68-59)62-46-23-12-10-21-44(46)60(40-19-8-7-9-20-40)45-22-11-13-24-47(45)62/h7-39H,1-6H3. The fourth-order valence-corrected chi connectivity index (χ4v) is 11.3. The molecule has 0 radical (unpaired) electrons. The van der Waals surface area contributed by atoms with Crippen molar-refractivity contribution in [3.8, 4) is 39.1 Å². The van der Waals surface area contributed by atoms with Crippen molar-refractivity contribution < 1.29 is 4.42 Å². The molecule has 2 heteroatoms. The SMILES string of the molecule is CC(C)(C)c1ccc2c(c1)c1cc(C(C)(C)C)ccc1n2-c1c2ccccc2c(-c2ccc3oc4c(-c5c6ccccc6c(-c6ccccc6)c6ccccc56)cccc4c3c2)c2ccccc12. The average Bonchev–Trinajstić information content (AvgIpc) is 3.89. The van der Waals surface area contributed by atoms with Crippen molar-refractivity contribution in [2.24, 2.45) is 0 Å². The first-order valence-electron chi connectivity index (χ1n) is 24.0. The van der Waals surface area contributed by atoms with Gasteiger partial charge in [-0.05, 0) is 113 Å². The smallest absolute Gasteiger partial charge is 0.143 e. The van der Waals surface area contributed by atoms with Crippen molar-refractivity contribution in [1.82, 2.24) is 4.57 Å². The van der Waals surface area contributed by atoms with Gasteiger partial charge < -0.3 is 8.98 Å². The first-order chi connectivity index (χ1) is 33.0. The highest BCUT2D eigenvalue weighted by Crippen LogP contribution is 2.49. The van der Waals surface area contributed by atoms with Crippen LogP contribution in [0.3, 0.4) is 0 Å². The summed E-state index contributed by atoms with van der Waals surface area (Å²) in [5, 5.41) is 14.6. The summed E-state index contributed by atoms with van der Waals surface area (Å²) in [5.74, 6) is 0. The highest BCUT2D eigenvalue weighted by molar-refractivity contribution is 6.25. The number of rotatable bonds is 4. The minimum atomic E-state index is 0.0190. The zero-order valence-corrected chi connectivity index (χ0v) is 39.4. The number of nitrogens with zero attached hydrogens (tertiary/aromatic N) is 1. The van der Waals surface area contributed by atoms with E-state index in [1.54, 1.807) is 0 Å². The fourth-order valence-electron chi connectivity index (χ4n) is 11.3. The van der Waals surface area contributed by atoms with Crippen molar-refractivity contribution in [1.29, 1.82) is 0 Å². The van der Waals surface area contributed by atoms with Gasteiger partial charge in [0.15, 0.2) is 0 Å². The number of hydrogen-bond acceptors (Lipinski definition) is 1. The Morgan fingerprint density at radius 3 is 1.28 bits per heavy atom. The lowest BCUT2D eigenvalue weighted by Gasteiger charge is -2.21. The highest BCUT2D eigenvalue weighted by Gasteiger charge is 2.25. The number of para-hydroxylation sites is 1. The lowest BCUT2D eigenvalue weighted by atomic mass is 9.85. The molecule has 13 rings (SSSR count). The fraction of sp³-hybridized carbons (Fsp3) is 0.121. The maximum absolute atomic E-state index is 7.02. The molecule has 0 N–H and O–H groups in total. The second-order valence-corrected chi connectivity index (χ2v) is 20.8. The Balaban J connectivity index is 1.05. The Bertz CT molecular complexity index is 4020. The van der Waals surface area contributed by atoms with Crippen LogP contribution in [0.2, 0.25) is 0 Å². The summed E-state index contributed by atoms with van der Waals surface area (Å²) in [6.45, 7) is 13.9. The Kier molecular flexibility index (Phi) is 8.77. The van der Waals surface area contributed by atoms with Crippen LogP contribution in [0.15, 0.2) is 205 Å². The van der Waals surface area contributed by atoms with Gasteiger partial charge in [-0.25, -0.2) is 0 Å². The van der Waals surface area contributed by atoms with Crippen LogP contribution < -0.4 is 0 Å². The van der Waals surface area contributed by atoms with Crippen molar-refractivity contribution in [3.05, 3.63) is 211 Å². The molecule has 0 amide bonds. The molecular formula is C66H51NO. The van der Waals surface area contributed by atoms with Gasteiger partial charge in [-0.3, -0.25) is 0 Å². The van der Waals surface area contributed by atoms with Crippen molar-refractivity contribution >= 4 is 86.8 Å². The van der Waals surface area contributed by atoms with Crippen LogP contribution in [0.25, 0.3) is 126 Å². The molecule has 0 bridgehead atoms. The Hall–Kier alpha value is -7.94. The zero-order valence-electron chi connectivity index (χ0n) is 39.4. The quantitative estimate of drug-likeness (QED) is 0.161. The molecular weight excluding hydrogens is 823 g/mol. The largest absolute Gasteiger partial charge is 0.455 e. The molecule has 2 nitrogen and oxygen atoms in total. The van der Waals surface area contributed by atoms with Gasteiger partial charge in [0.05, 0.1) is 16.7 Å². The molecule has 0 unspecified atom stereocenters. The van der Waals surface area contributed by atoms with Gasteiger partial charge in [-0.2, -0.15) is 0 Å². The molecule has 0 saturated carbocycles. The van der Waals surface area contributed by atoms with Crippen LogP contribution in [-0.4, -0.2) is 4.57 Å². The topological polar surface area (TPSA) is 18.1 Å². The maximum atomic E-state index is 7.02. The Labute approximate surface area is 396 Å². The predicted molar refractivity (Wildman–Crippen MR) is 292 cm³/mol. The molecule has 2 aromatic heterocycles. The van der Waals surface area contributed by atoms with Crippen LogP contribution in [0, 0.1) is 0 Å². The molecule has 0 atom stereocenters. The van der Waals surface area contributed by atoms with E-state index >= 15 is 0 Å². The van der Waals surface area contributed by atoms with Gasteiger partial charge in [0.1, 0.15) is 11.2 Å². The van der Waals surface area contributed by atoms with Crippen molar-refractivity contribution in [2.45, 2.75) is 52.4 Å². The summed E-state index contributed by atoms with van der Waals surface area (Å²) in [7, 11) is 0. The monoisotopic (exact) mass is 873 g/mol. The van der Waals surface area contributed by atoms with Gasteiger partial charge in [0.25, 0.3) is 0 Å².